The molecule has 1 aromatic heterocycles. The Balaban J connectivity index is 1.74. The van der Waals surface area contributed by atoms with Crippen molar-refractivity contribution < 1.29 is 14.4 Å². The molecule has 6 nitrogen and oxygen atoms in total. The van der Waals surface area contributed by atoms with Crippen molar-refractivity contribution in [2.45, 2.75) is 25.9 Å². The van der Waals surface area contributed by atoms with Crippen LogP contribution in [0.1, 0.15) is 24.3 Å². The van der Waals surface area contributed by atoms with E-state index in [9.17, 15) is 14.4 Å². The Bertz CT molecular complexity index is 917. The molecule has 0 radical (unpaired) electrons. The number of hydrogen-bond acceptors (Lipinski definition) is 4. The van der Waals surface area contributed by atoms with Crippen molar-refractivity contribution >= 4 is 56.7 Å². The van der Waals surface area contributed by atoms with Gasteiger partial charge in [-0.1, -0.05) is 23.7 Å². The van der Waals surface area contributed by atoms with Gasteiger partial charge in [0.05, 0.1) is 10.3 Å². The molecule has 0 spiro atoms. The zero-order valence-electron chi connectivity index (χ0n) is 15.4. The Kier molecular flexibility index (Phi) is 6.12. The second kappa shape index (κ2) is 8.23. The Labute approximate surface area is 180 Å². The second-order valence-electron chi connectivity index (χ2n) is 6.57. The molecule has 2 heterocycles. The fourth-order valence-corrected chi connectivity index (χ4v) is 4.68. The number of urea groups is 1. The summed E-state index contributed by atoms with van der Waals surface area (Å²) in [7, 11) is 0. The Morgan fingerprint density at radius 1 is 1.25 bits per heavy atom. The van der Waals surface area contributed by atoms with Crippen LogP contribution in [0.3, 0.4) is 0 Å². The van der Waals surface area contributed by atoms with Gasteiger partial charge in [0.15, 0.2) is 0 Å². The van der Waals surface area contributed by atoms with Gasteiger partial charge in [-0.15, -0.1) is 11.3 Å². The highest BCUT2D eigenvalue weighted by atomic mass is 79.9. The van der Waals surface area contributed by atoms with E-state index >= 15 is 0 Å². The highest BCUT2D eigenvalue weighted by Gasteiger charge is 2.49. The number of nitrogens with one attached hydrogen (secondary N) is 1. The molecular formula is C19H19BrClN3O3S. The molecule has 9 heteroatoms. The summed E-state index contributed by atoms with van der Waals surface area (Å²) >= 11 is 10.9. The van der Waals surface area contributed by atoms with E-state index in [1.165, 1.54) is 0 Å². The highest BCUT2D eigenvalue weighted by molar-refractivity contribution is 9.11. The zero-order valence-corrected chi connectivity index (χ0v) is 18.5. The molecule has 1 fully saturated rings. The number of rotatable bonds is 6. The number of imide groups is 1. The summed E-state index contributed by atoms with van der Waals surface area (Å²) in [6, 6.07) is 9.99. The van der Waals surface area contributed by atoms with Crippen LogP contribution in [-0.4, -0.2) is 40.7 Å². The van der Waals surface area contributed by atoms with Crippen LogP contribution in [-0.2, 0) is 21.7 Å². The largest absolute Gasteiger partial charge is 0.336 e. The molecule has 1 aromatic carbocycles. The number of nitrogens with zero attached hydrogens (tertiary/aromatic N) is 2. The van der Waals surface area contributed by atoms with Crippen molar-refractivity contribution in [3.63, 3.8) is 0 Å². The summed E-state index contributed by atoms with van der Waals surface area (Å²) in [5, 5.41) is 3.24. The molecule has 2 aromatic rings. The number of halogens is 2. The van der Waals surface area contributed by atoms with Crippen LogP contribution in [0.5, 0.6) is 0 Å². The molecule has 1 N–H and O–H groups in total. The van der Waals surface area contributed by atoms with E-state index in [4.69, 9.17) is 11.6 Å². The van der Waals surface area contributed by atoms with Crippen LogP contribution in [0.15, 0.2) is 40.2 Å². The van der Waals surface area contributed by atoms with Crippen LogP contribution in [0.4, 0.5) is 4.79 Å². The Hall–Kier alpha value is -1.90. The molecule has 1 aliphatic heterocycles. The van der Waals surface area contributed by atoms with E-state index in [0.29, 0.717) is 23.7 Å². The molecule has 1 saturated heterocycles. The van der Waals surface area contributed by atoms with Gasteiger partial charge in [-0.3, -0.25) is 14.5 Å². The van der Waals surface area contributed by atoms with Crippen molar-refractivity contribution in [1.82, 2.24) is 15.1 Å². The molecule has 1 aliphatic rings. The number of amides is 4. The topological polar surface area (TPSA) is 69.7 Å². The van der Waals surface area contributed by atoms with Crippen LogP contribution in [0.25, 0.3) is 0 Å². The second-order valence-corrected chi connectivity index (χ2v) is 9.55. The van der Waals surface area contributed by atoms with Crippen LogP contribution >= 0.6 is 38.9 Å². The molecule has 28 heavy (non-hydrogen) atoms. The van der Waals surface area contributed by atoms with E-state index in [1.807, 2.05) is 19.1 Å². The van der Waals surface area contributed by atoms with Gasteiger partial charge in [0.25, 0.3) is 5.91 Å². The fraction of sp³-hybridized carbons (Fsp3) is 0.316. The van der Waals surface area contributed by atoms with E-state index in [0.717, 1.165) is 13.6 Å². The molecule has 0 aliphatic carbocycles. The van der Waals surface area contributed by atoms with Crippen molar-refractivity contribution in [3.05, 3.63) is 55.6 Å². The van der Waals surface area contributed by atoms with Gasteiger partial charge in [-0.2, -0.15) is 0 Å². The zero-order chi connectivity index (χ0) is 20.5. The standard InChI is InChI=1S/C19H19BrClN3O3S/c1-3-23(10-14-8-9-15(20)28-14)16(25)11-24-17(26)19(2,22-18(24)27)12-4-6-13(21)7-5-12/h4-9H,3,10-11H2,1-2H3,(H,22,27). The maximum atomic E-state index is 13.0. The minimum atomic E-state index is -1.22. The molecule has 4 amide bonds. The lowest BCUT2D eigenvalue weighted by Gasteiger charge is -2.24. The molecule has 3 rings (SSSR count). The third-order valence-electron chi connectivity index (χ3n) is 4.70. The van der Waals surface area contributed by atoms with Crippen LogP contribution < -0.4 is 5.32 Å². The lowest BCUT2D eigenvalue weighted by Crippen LogP contribution is -2.44. The normalized spacial score (nSPS) is 19.1. The summed E-state index contributed by atoms with van der Waals surface area (Å²) in [6.45, 7) is 4.11. The van der Waals surface area contributed by atoms with Crippen molar-refractivity contribution in [2.75, 3.05) is 13.1 Å². The third kappa shape index (κ3) is 4.09. The first-order chi connectivity index (χ1) is 13.2. The molecule has 1 atom stereocenters. The number of likely N-dealkylation sites (N-methyl/N-ethyl adjacent to an activating group) is 1. The van der Waals surface area contributed by atoms with Crippen molar-refractivity contribution in [3.8, 4) is 0 Å². The molecule has 0 bridgehead atoms. The first-order valence-corrected chi connectivity index (χ1v) is 10.7. The van der Waals surface area contributed by atoms with Crippen LogP contribution in [0, 0.1) is 0 Å². The molecule has 1 unspecified atom stereocenters. The maximum Gasteiger partial charge on any atom is 0.325 e. The lowest BCUT2D eigenvalue weighted by molar-refractivity contribution is -0.139. The first kappa shape index (κ1) is 20.8. The minimum Gasteiger partial charge on any atom is -0.336 e. The monoisotopic (exact) mass is 483 g/mol. The Morgan fingerprint density at radius 2 is 1.93 bits per heavy atom. The number of carbonyl (C=O) groups excluding carboxylic acids is 3. The Morgan fingerprint density at radius 3 is 2.50 bits per heavy atom. The summed E-state index contributed by atoms with van der Waals surface area (Å²) in [6.07, 6.45) is 0. The van der Waals surface area contributed by atoms with Gasteiger partial charge in [-0.25, -0.2) is 4.79 Å². The van der Waals surface area contributed by atoms with Crippen LogP contribution in [0.2, 0.25) is 5.02 Å². The number of hydrogen-bond donors (Lipinski definition) is 1. The summed E-state index contributed by atoms with van der Waals surface area (Å²) in [5.41, 5.74) is -0.613. The summed E-state index contributed by atoms with van der Waals surface area (Å²) in [5.74, 6) is -0.737. The molecular weight excluding hydrogens is 466 g/mol. The predicted octanol–water partition coefficient (Wildman–Crippen LogP) is 3.98. The number of carbonyl (C=O) groups is 3. The van der Waals surface area contributed by atoms with Gasteiger partial charge in [0.2, 0.25) is 5.91 Å². The fourth-order valence-electron chi connectivity index (χ4n) is 3.06. The van der Waals surface area contributed by atoms with E-state index < -0.39 is 17.5 Å². The first-order valence-electron chi connectivity index (χ1n) is 8.66. The van der Waals surface area contributed by atoms with Crippen molar-refractivity contribution in [2.24, 2.45) is 0 Å². The smallest absolute Gasteiger partial charge is 0.325 e. The highest BCUT2D eigenvalue weighted by Crippen LogP contribution is 2.30. The molecule has 148 valence electrons. The molecule has 0 saturated carbocycles. The SMILES string of the molecule is CCN(Cc1ccc(Br)s1)C(=O)CN1C(=O)NC(C)(c2ccc(Cl)cc2)C1=O. The number of thiophene rings is 1. The van der Waals surface area contributed by atoms with Gasteiger partial charge in [-0.05, 0) is 59.6 Å². The number of benzene rings is 1. The summed E-state index contributed by atoms with van der Waals surface area (Å²) in [4.78, 5) is 41.8. The van der Waals surface area contributed by atoms with E-state index in [-0.39, 0.29) is 12.5 Å². The summed E-state index contributed by atoms with van der Waals surface area (Å²) < 4.78 is 0.985. The average molecular weight is 485 g/mol. The maximum absolute atomic E-state index is 13.0. The van der Waals surface area contributed by atoms with Gasteiger partial charge < -0.3 is 10.2 Å². The van der Waals surface area contributed by atoms with Gasteiger partial charge in [0.1, 0.15) is 12.1 Å². The third-order valence-corrected chi connectivity index (χ3v) is 6.56. The lowest BCUT2D eigenvalue weighted by atomic mass is 9.92. The quantitative estimate of drug-likeness (QED) is 0.631. The average Bonchev–Trinajstić information content (AvgIpc) is 3.16. The van der Waals surface area contributed by atoms with Gasteiger partial charge in [0, 0.05) is 16.4 Å². The van der Waals surface area contributed by atoms with E-state index in [1.54, 1.807) is 47.4 Å². The van der Waals surface area contributed by atoms with E-state index in [2.05, 4.69) is 21.2 Å². The van der Waals surface area contributed by atoms with Crippen molar-refractivity contribution in [1.29, 1.82) is 0 Å². The van der Waals surface area contributed by atoms with Gasteiger partial charge >= 0.3 is 6.03 Å². The predicted molar refractivity (Wildman–Crippen MR) is 112 cm³/mol. The minimum absolute atomic E-state index is 0.282.